The van der Waals surface area contributed by atoms with Gasteiger partial charge in [-0.05, 0) is 18.2 Å². The van der Waals surface area contributed by atoms with Gasteiger partial charge in [0.15, 0.2) is 11.6 Å². The number of methoxy groups -OCH3 is 1. The molecule has 0 bridgehead atoms. The maximum Gasteiger partial charge on any atom is 0.165 e. The molecule has 2 aromatic rings. The Morgan fingerprint density at radius 2 is 2.33 bits per heavy atom. The minimum absolute atomic E-state index is 0.211. The number of hydrogen-bond acceptors (Lipinski definition) is 3. The minimum Gasteiger partial charge on any atom is -0.494 e. The molecule has 4 nitrogen and oxygen atoms in total. The van der Waals surface area contributed by atoms with Gasteiger partial charge in [0.1, 0.15) is 5.82 Å². The molecule has 5 heteroatoms. The van der Waals surface area contributed by atoms with Gasteiger partial charge in [-0.1, -0.05) is 0 Å². The van der Waals surface area contributed by atoms with Crippen LogP contribution in [0.1, 0.15) is 12.2 Å². The van der Waals surface area contributed by atoms with Crippen LogP contribution in [0.3, 0.4) is 0 Å². The topological polar surface area (TPSA) is 61.7 Å². The fourth-order valence-corrected chi connectivity index (χ4v) is 1.64. The standard InChI is InChI=1S/C13H12FN3O/c1-18-12-5-4-9(7-10(12)14)11-8-16-13(17-11)3-2-6-15/h4-5,7-8H,2-3H2,1H3,(H,16,17). The van der Waals surface area contributed by atoms with Crippen LogP contribution < -0.4 is 4.74 Å². The van der Waals surface area contributed by atoms with Crippen LogP contribution in [0.2, 0.25) is 0 Å². The number of halogens is 1. The molecule has 1 aromatic carbocycles. The van der Waals surface area contributed by atoms with Crippen LogP contribution in [0, 0.1) is 17.1 Å². The Morgan fingerprint density at radius 3 is 3.00 bits per heavy atom. The van der Waals surface area contributed by atoms with Crippen LogP contribution in [-0.2, 0) is 6.42 Å². The number of rotatable bonds is 4. The Hall–Kier alpha value is -2.35. The Bertz CT molecular complexity index is 586. The second-order valence-electron chi connectivity index (χ2n) is 3.75. The van der Waals surface area contributed by atoms with Gasteiger partial charge in [-0.25, -0.2) is 9.37 Å². The molecule has 0 atom stereocenters. The zero-order valence-corrected chi connectivity index (χ0v) is 9.90. The van der Waals surface area contributed by atoms with Crippen molar-refractivity contribution in [2.45, 2.75) is 12.8 Å². The van der Waals surface area contributed by atoms with Crippen molar-refractivity contribution in [3.8, 4) is 23.1 Å². The van der Waals surface area contributed by atoms with Gasteiger partial charge in [-0.15, -0.1) is 0 Å². The van der Waals surface area contributed by atoms with Gasteiger partial charge in [-0.2, -0.15) is 5.26 Å². The number of nitrogens with zero attached hydrogens (tertiary/aromatic N) is 2. The maximum atomic E-state index is 13.5. The lowest BCUT2D eigenvalue weighted by molar-refractivity contribution is 0.386. The van der Waals surface area contributed by atoms with Gasteiger partial charge in [0.25, 0.3) is 0 Å². The van der Waals surface area contributed by atoms with E-state index in [1.54, 1.807) is 18.3 Å². The van der Waals surface area contributed by atoms with Crippen LogP contribution in [-0.4, -0.2) is 17.1 Å². The first-order chi connectivity index (χ1) is 8.74. The first-order valence-corrected chi connectivity index (χ1v) is 5.49. The van der Waals surface area contributed by atoms with E-state index in [9.17, 15) is 4.39 Å². The summed E-state index contributed by atoms with van der Waals surface area (Å²) in [6.45, 7) is 0. The number of benzene rings is 1. The second-order valence-corrected chi connectivity index (χ2v) is 3.75. The molecule has 0 saturated carbocycles. The highest BCUT2D eigenvalue weighted by Crippen LogP contribution is 2.24. The van der Waals surface area contributed by atoms with Crippen molar-refractivity contribution in [1.29, 1.82) is 5.26 Å². The Balaban J connectivity index is 2.23. The number of H-pyrrole nitrogens is 1. The average Bonchev–Trinajstić information content (AvgIpc) is 2.85. The number of aromatic nitrogens is 2. The number of imidazole rings is 1. The Labute approximate surface area is 104 Å². The van der Waals surface area contributed by atoms with E-state index in [0.717, 1.165) is 11.5 Å². The molecular weight excluding hydrogens is 233 g/mol. The second kappa shape index (κ2) is 5.32. The lowest BCUT2D eigenvalue weighted by Gasteiger charge is -2.03. The summed E-state index contributed by atoms with van der Waals surface area (Å²) in [5.41, 5.74) is 1.42. The van der Waals surface area contributed by atoms with Gasteiger partial charge in [0.05, 0.1) is 25.1 Å². The molecule has 0 spiro atoms. The molecule has 0 unspecified atom stereocenters. The van der Waals surface area contributed by atoms with Crippen LogP contribution in [0.4, 0.5) is 4.39 Å². The zero-order valence-electron chi connectivity index (χ0n) is 9.90. The summed E-state index contributed by atoms with van der Waals surface area (Å²) in [7, 11) is 1.42. The maximum absolute atomic E-state index is 13.5. The molecule has 0 fully saturated rings. The number of nitrogens with one attached hydrogen (secondary N) is 1. The van der Waals surface area contributed by atoms with E-state index in [-0.39, 0.29) is 5.75 Å². The molecule has 0 saturated heterocycles. The number of aryl methyl sites for hydroxylation is 1. The van der Waals surface area contributed by atoms with E-state index in [1.165, 1.54) is 13.2 Å². The molecule has 18 heavy (non-hydrogen) atoms. The number of ether oxygens (including phenoxy) is 1. The van der Waals surface area contributed by atoms with Crippen molar-refractivity contribution in [1.82, 2.24) is 9.97 Å². The van der Waals surface area contributed by atoms with Gasteiger partial charge in [0, 0.05) is 18.4 Å². The molecule has 0 radical (unpaired) electrons. The molecule has 0 aliphatic rings. The Morgan fingerprint density at radius 1 is 1.50 bits per heavy atom. The minimum atomic E-state index is -0.414. The van der Waals surface area contributed by atoms with Crippen molar-refractivity contribution >= 4 is 0 Å². The summed E-state index contributed by atoms with van der Waals surface area (Å²) in [5, 5.41) is 8.49. The molecule has 0 amide bonds. The van der Waals surface area contributed by atoms with Gasteiger partial charge in [0.2, 0.25) is 0 Å². The van der Waals surface area contributed by atoms with Crippen molar-refractivity contribution in [3.05, 3.63) is 36.0 Å². The van der Waals surface area contributed by atoms with Gasteiger partial charge >= 0.3 is 0 Å². The third-order valence-electron chi connectivity index (χ3n) is 2.56. The van der Waals surface area contributed by atoms with E-state index < -0.39 is 5.82 Å². The fraction of sp³-hybridized carbons (Fsp3) is 0.231. The van der Waals surface area contributed by atoms with Crippen molar-refractivity contribution in [3.63, 3.8) is 0 Å². The monoisotopic (exact) mass is 245 g/mol. The SMILES string of the molecule is COc1ccc(-c2cnc(CCC#N)[nH]2)cc1F. The summed E-state index contributed by atoms with van der Waals surface area (Å²) in [6.07, 6.45) is 2.60. The highest BCUT2D eigenvalue weighted by Gasteiger charge is 2.07. The van der Waals surface area contributed by atoms with Crippen LogP contribution in [0.25, 0.3) is 11.3 Å². The quantitative estimate of drug-likeness (QED) is 0.900. The summed E-state index contributed by atoms with van der Waals surface area (Å²) in [4.78, 5) is 7.20. The number of nitriles is 1. The summed E-state index contributed by atoms with van der Waals surface area (Å²) in [5.74, 6) is 0.522. The Kier molecular flexibility index (Phi) is 3.58. The van der Waals surface area contributed by atoms with E-state index in [4.69, 9.17) is 10.00 Å². The molecular formula is C13H12FN3O. The number of aromatic amines is 1. The molecule has 1 aromatic heterocycles. The fourth-order valence-electron chi connectivity index (χ4n) is 1.64. The largest absolute Gasteiger partial charge is 0.494 e. The molecule has 1 heterocycles. The zero-order chi connectivity index (χ0) is 13.0. The highest BCUT2D eigenvalue weighted by atomic mass is 19.1. The van der Waals surface area contributed by atoms with Crippen LogP contribution in [0.15, 0.2) is 24.4 Å². The first kappa shape index (κ1) is 12.1. The first-order valence-electron chi connectivity index (χ1n) is 5.49. The molecule has 0 aliphatic carbocycles. The van der Waals surface area contributed by atoms with Crippen molar-refractivity contribution in [2.75, 3.05) is 7.11 Å². The molecule has 2 rings (SSSR count). The predicted molar refractivity (Wildman–Crippen MR) is 64.5 cm³/mol. The van der Waals surface area contributed by atoms with Gasteiger partial charge in [-0.3, -0.25) is 0 Å². The van der Waals surface area contributed by atoms with Crippen LogP contribution in [0.5, 0.6) is 5.75 Å². The third-order valence-corrected chi connectivity index (χ3v) is 2.56. The third kappa shape index (κ3) is 2.48. The van der Waals surface area contributed by atoms with Crippen molar-refractivity contribution in [2.24, 2.45) is 0 Å². The normalized spacial score (nSPS) is 10.1. The van der Waals surface area contributed by atoms with E-state index in [1.807, 2.05) is 0 Å². The van der Waals surface area contributed by atoms with Crippen molar-refractivity contribution < 1.29 is 9.13 Å². The van der Waals surface area contributed by atoms with Crippen LogP contribution >= 0.6 is 0 Å². The van der Waals surface area contributed by atoms with E-state index in [0.29, 0.717) is 18.4 Å². The van der Waals surface area contributed by atoms with Gasteiger partial charge < -0.3 is 9.72 Å². The van der Waals surface area contributed by atoms with E-state index in [2.05, 4.69) is 16.0 Å². The van der Waals surface area contributed by atoms with E-state index >= 15 is 0 Å². The molecule has 1 N–H and O–H groups in total. The predicted octanol–water partition coefficient (Wildman–Crippen LogP) is 2.68. The smallest absolute Gasteiger partial charge is 0.165 e. The summed E-state index contributed by atoms with van der Waals surface area (Å²) >= 11 is 0. The molecule has 92 valence electrons. The summed E-state index contributed by atoms with van der Waals surface area (Å²) < 4.78 is 18.4. The lowest BCUT2D eigenvalue weighted by atomic mass is 10.1. The number of hydrogen-bond donors (Lipinski definition) is 1. The summed E-state index contributed by atoms with van der Waals surface area (Å²) in [6, 6.07) is 6.77. The average molecular weight is 245 g/mol. The lowest BCUT2D eigenvalue weighted by Crippen LogP contribution is -1.89. The highest BCUT2D eigenvalue weighted by molar-refractivity contribution is 5.59. The molecule has 0 aliphatic heterocycles.